The van der Waals surface area contributed by atoms with Crippen LogP contribution in [0, 0.1) is 5.92 Å². The van der Waals surface area contributed by atoms with Gasteiger partial charge in [-0.3, -0.25) is 4.90 Å². The van der Waals surface area contributed by atoms with Crippen molar-refractivity contribution in [3.05, 3.63) is 35.9 Å². The molecule has 0 spiro atoms. The minimum absolute atomic E-state index is 0.541. The molecular weight excluding hydrogens is 246 g/mol. The number of benzene rings is 1. The van der Waals surface area contributed by atoms with Gasteiger partial charge in [-0.1, -0.05) is 30.3 Å². The van der Waals surface area contributed by atoms with E-state index in [2.05, 4.69) is 42.2 Å². The van der Waals surface area contributed by atoms with E-state index in [0.29, 0.717) is 6.04 Å². The molecule has 0 N–H and O–H groups in total. The summed E-state index contributed by atoms with van der Waals surface area (Å²) in [7, 11) is 1.79. The van der Waals surface area contributed by atoms with Crippen molar-refractivity contribution in [2.24, 2.45) is 5.92 Å². The van der Waals surface area contributed by atoms with Gasteiger partial charge in [0.05, 0.1) is 0 Å². The lowest BCUT2D eigenvalue weighted by atomic mass is 10.1. The molecule has 1 saturated carbocycles. The molecule has 112 valence electrons. The van der Waals surface area contributed by atoms with E-state index in [1.165, 1.54) is 50.8 Å². The van der Waals surface area contributed by atoms with E-state index in [9.17, 15) is 0 Å². The summed E-state index contributed by atoms with van der Waals surface area (Å²) in [5.74, 6) is 0.958. The van der Waals surface area contributed by atoms with Gasteiger partial charge in [0.1, 0.15) is 0 Å². The van der Waals surface area contributed by atoms with E-state index in [1.54, 1.807) is 7.11 Å². The van der Waals surface area contributed by atoms with Gasteiger partial charge >= 0.3 is 0 Å². The van der Waals surface area contributed by atoms with Crippen LogP contribution in [0.5, 0.6) is 0 Å². The molecule has 1 aromatic rings. The van der Waals surface area contributed by atoms with Crippen molar-refractivity contribution in [3.63, 3.8) is 0 Å². The van der Waals surface area contributed by atoms with Gasteiger partial charge in [-0.25, -0.2) is 0 Å². The number of unbranched alkanes of at least 4 members (excludes halogenated alkanes) is 2. The first-order valence-corrected chi connectivity index (χ1v) is 8.09. The SMILES string of the molecule is COCCCCCN(CC1CC1)C(C)c1ccccc1. The molecule has 0 aliphatic heterocycles. The van der Waals surface area contributed by atoms with Crippen LogP contribution >= 0.6 is 0 Å². The Morgan fingerprint density at radius 2 is 1.90 bits per heavy atom. The van der Waals surface area contributed by atoms with E-state index in [4.69, 9.17) is 4.74 Å². The highest BCUT2D eigenvalue weighted by Crippen LogP contribution is 2.32. The average molecular weight is 275 g/mol. The van der Waals surface area contributed by atoms with Crippen molar-refractivity contribution in [2.75, 3.05) is 26.8 Å². The largest absolute Gasteiger partial charge is 0.385 e. The Labute approximate surface area is 124 Å². The average Bonchev–Trinajstić information content (AvgIpc) is 3.30. The zero-order valence-corrected chi connectivity index (χ0v) is 13.1. The van der Waals surface area contributed by atoms with Gasteiger partial charge in [-0.15, -0.1) is 0 Å². The lowest BCUT2D eigenvalue weighted by Gasteiger charge is -2.29. The smallest absolute Gasteiger partial charge is 0.0462 e. The Morgan fingerprint density at radius 1 is 1.15 bits per heavy atom. The fourth-order valence-electron chi connectivity index (χ4n) is 2.76. The normalized spacial score (nSPS) is 16.6. The van der Waals surface area contributed by atoms with Crippen LogP contribution in [0.4, 0.5) is 0 Å². The maximum absolute atomic E-state index is 5.13. The molecule has 0 bridgehead atoms. The van der Waals surface area contributed by atoms with E-state index in [-0.39, 0.29) is 0 Å². The number of hydrogen-bond donors (Lipinski definition) is 0. The molecule has 20 heavy (non-hydrogen) atoms. The molecule has 1 unspecified atom stereocenters. The fourth-order valence-corrected chi connectivity index (χ4v) is 2.76. The van der Waals surface area contributed by atoms with Gasteiger partial charge in [-0.05, 0) is 57.1 Å². The van der Waals surface area contributed by atoms with Gasteiger partial charge in [0.15, 0.2) is 0 Å². The van der Waals surface area contributed by atoms with Crippen molar-refractivity contribution in [1.29, 1.82) is 0 Å². The molecular formula is C18H29NO. The second-order valence-electron chi connectivity index (χ2n) is 6.08. The molecule has 2 heteroatoms. The summed E-state index contributed by atoms with van der Waals surface area (Å²) in [4.78, 5) is 2.68. The topological polar surface area (TPSA) is 12.5 Å². The molecule has 1 aromatic carbocycles. The Kier molecular flexibility index (Phi) is 6.55. The van der Waals surface area contributed by atoms with Crippen LogP contribution in [0.3, 0.4) is 0 Å². The highest BCUT2D eigenvalue weighted by Gasteiger charge is 2.26. The number of ether oxygens (including phenoxy) is 1. The third-order valence-corrected chi connectivity index (χ3v) is 4.31. The van der Waals surface area contributed by atoms with Crippen molar-refractivity contribution < 1.29 is 4.74 Å². The van der Waals surface area contributed by atoms with Crippen molar-refractivity contribution in [3.8, 4) is 0 Å². The summed E-state index contributed by atoms with van der Waals surface area (Å²) in [6, 6.07) is 11.5. The molecule has 1 atom stereocenters. The minimum Gasteiger partial charge on any atom is -0.385 e. The van der Waals surface area contributed by atoms with Gasteiger partial charge in [0, 0.05) is 26.3 Å². The predicted molar refractivity (Wildman–Crippen MR) is 84.9 cm³/mol. The zero-order valence-electron chi connectivity index (χ0n) is 13.1. The third kappa shape index (κ3) is 5.26. The van der Waals surface area contributed by atoms with Crippen molar-refractivity contribution in [1.82, 2.24) is 4.90 Å². The highest BCUT2D eigenvalue weighted by atomic mass is 16.5. The second-order valence-corrected chi connectivity index (χ2v) is 6.08. The number of hydrogen-bond acceptors (Lipinski definition) is 2. The number of rotatable bonds is 10. The van der Waals surface area contributed by atoms with Crippen LogP contribution in [0.2, 0.25) is 0 Å². The van der Waals surface area contributed by atoms with E-state index < -0.39 is 0 Å². The quantitative estimate of drug-likeness (QED) is 0.591. The first kappa shape index (κ1) is 15.5. The third-order valence-electron chi connectivity index (χ3n) is 4.31. The second kappa shape index (κ2) is 8.43. The van der Waals surface area contributed by atoms with Gasteiger partial charge < -0.3 is 4.74 Å². The summed E-state index contributed by atoms with van der Waals surface area (Å²) in [5.41, 5.74) is 1.45. The van der Waals surface area contributed by atoms with Crippen LogP contribution in [-0.4, -0.2) is 31.7 Å². The standard InChI is InChI=1S/C18H29NO/c1-16(18-9-5-3-6-10-18)19(15-17-11-12-17)13-7-4-8-14-20-2/h3,5-6,9-10,16-17H,4,7-8,11-15H2,1-2H3. The Hall–Kier alpha value is -0.860. The highest BCUT2D eigenvalue weighted by molar-refractivity contribution is 5.18. The van der Waals surface area contributed by atoms with Crippen LogP contribution in [0.1, 0.15) is 50.6 Å². The van der Waals surface area contributed by atoms with Crippen LogP contribution in [0.25, 0.3) is 0 Å². The van der Waals surface area contributed by atoms with Gasteiger partial charge in [-0.2, -0.15) is 0 Å². The zero-order chi connectivity index (χ0) is 14.2. The lowest BCUT2D eigenvalue weighted by Crippen LogP contribution is -2.30. The van der Waals surface area contributed by atoms with E-state index in [1.807, 2.05) is 0 Å². The molecule has 0 heterocycles. The molecule has 2 rings (SSSR count). The Balaban J connectivity index is 1.82. The Bertz CT molecular complexity index is 361. The molecule has 1 aliphatic carbocycles. The fraction of sp³-hybridized carbons (Fsp3) is 0.667. The van der Waals surface area contributed by atoms with Crippen LogP contribution < -0.4 is 0 Å². The first-order valence-electron chi connectivity index (χ1n) is 8.09. The predicted octanol–water partition coefficient (Wildman–Crippen LogP) is 4.28. The summed E-state index contributed by atoms with van der Waals surface area (Å²) in [6.45, 7) is 5.75. The van der Waals surface area contributed by atoms with Gasteiger partial charge in [0.25, 0.3) is 0 Å². The summed E-state index contributed by atoms with van der Waals surface area (Å²) >= 11 is 0. The first-order chi connectivity index (χ1) is 9.81. The molecule has 0 saturated heterocycles. The molecule has 1 fully saturated rings. The van der Waals surface area contributed by atoms with Crippen molar-refractivity contribution in [2.45, 2.75) is 45.1 Å². The molecule has 0 radical (unpaired) electrons. The van der Waals surface area contributed by atoms with Crippen LogP contribution in [0.15, 0.2) is 30.3 Å². The van der Waals surface area contributed by atoms with Crippen molar-refractivity contribution >= 4 is 0 Å². The maximum atomic E-state index is 5.13. The minimum atomic E-state index is 0.541. The van der Waals surface area contributed by atoms with E-state index in [0.717, 1.165) is 12.5 Å². The molecule has 0 aromatic heterocycles. The summed E-state index contributed by atoms with van der Waals surface area (Å²) in [6.07, 6.45) is 6.61. The molecule has 0 amide bonds. The molecule has 1 aliphatic rings. The number of methoxy groups -OCH3 is 1. The van der Waals surface area contributed by atoms with Crippen LogP contribution in [-0.2, 0) is 4.74 Å². The van der Waals surface area contributed by atoms with Gasteiger partial charge in [0.2, 0.25) is 0 Å². The summed E-state index contributed by atoms with van der Waals surface area (Å²) in [5, 5.41) is 0. The lowest BCUT2D eigenvalue weighted by molar-refractivity contribution is 0.178. The monoisotopic (exact) mass is 275 g/mol. The van der Waals surface area contributed by atoms with E-state index >= 15 is 0 Å². The summed E-state index contributed by atoms with van der Waals surface area (Å²) < 4.78 is 5.13. The maximum Gasteiger partial charge on any atom is 0.0462 e. The Morgan fingerprint density at radius 3 is 2.55 bits per heavy atom. The number of nitrogens with zero attached hydrogens (tertiary/aromatic N) is 1. The molecule has 2 nitrogen and oxygen atoms in total.